The number of pyridine rings is 1. The monoisotopic (exact) mass is 246 g/mol. The molecule has 1 saturated heterocycles. The van der Waals surface area contributed by atoms with E-state index in [1.807, 2.05) is 6.20 Å². The number of aromatic nitrogens is 1. The average Bonchev–Trinajstić information content (AvgIpc) is 3.01. The number of hydrogen-bond acceptors (Lipinski definition) is 4. The van der Waals surface area contributed by atoms with Crippen LogP contribution in [0.4, 0.5) is 0 Å². The second-order valence-electron chi connectivity index (χ2n) is 4.12. The van der Waals surface area contributed by atoms with Crippen LogP contribution in [0, 0.1) is 0 Å². The first kappa shape index (κ1) is 10.7. The molecule has 17 heavy (non-hydrogen) atoms. The lowest BCUT2D eigenvalue weighted by molar-refractivity contribution is 0.222. The fourth-order valence-corrected chi connectivity index (χ4v) is 2.69. The number of rotatable bonds is 3. The van der Waals surface area contributed by atoms with Crippen molar-refractivity contribution in [2.75, 3.05) is 13.1 Å². The quantitative estimate of drug-likeness (QED) is 0.903. The Morgan fingerprint density at radius 3 is 3.18 bits per heavy atom. The van der Waals surface area contributed by atoms with E-state index in [-0.39, 0.29) is 6.10 Å². The molecule has 88 valence electrons. The molecule has 0 amide bonds. The molecule has 1 aliphatic rings. The van der Waals surface area contributed by atoms with E-state index in [4.69, 9.17) is 4.74 Å². The minimum absolute atomic E-state index is 0.287. The molecule has 0 saturated carbocycles. The predicted octanol–water partition coefficient (Wildman–Crippen LogP) is 2.55. The van der Waals surface area contributed by atoms with Gasteiger partial charge in [-0.25, -0.2) is 0 Å². The van der Waals surface area contributed by atoms with Crippen molar-refractivity contribution in [2.24, 2.45) is 0 Å². The molecule has 3 nitrogen and oxygen atoms in total. The van der Waals surface area contributed by atoms with Gasteiger partial charge in [0.25, 0.3) is 0 Å². The molecule has 2 aromatic heterocycles. The number of nitrogens with one attached hydrogen (secondary N) is 1. The van der Waals surface area contributed by atoms with E-state index < -0.39 is 0 Å². The standard InChI is InChI=1S/C13H14N2OS/c1-2-13(17-5-1)10-6-12(9-15-7-10)16-11-3-4-14-8-11/h1-2,5-7,9,11,14H,3-4,8H2/t11-/m0/s1. The fourth-order valence-electron chi connectivity index (χ4n) is 1.98. The molecule has 1 aliphatic heterocycles. The van der Waals surface area contributed by atoms with Gasteiger partial charge in [0.1, 0.15) is 11.9 Å². The SMILES string of the molecule is c1csc(-c2cncc(O[C@H]3CCNC3)c2)c1. The van der Waals surface area contributed by atoms with Crippen LogP contribution in [0.15, 0.2) is 36.0 Å². The summed E-state index contributed by atoms with van der Waals surface area (Å²) < 4.78 is 5.89. The molecule has 2 aromatic rings. The summed E-state index contributed by atoms with van der Waals surface area (Å²) >= 11 is 1.72. The molecule has 1 N–H and O–H groups in total. The molecule has 3 heterocycles. The summed E-state index contributed by atoms with van der Waals surface area (Å²) in [5.74, 6) is 0.865. The predicted molar refractivity (Wildman–Crippen MR) is 69.5 cm³/mol. The van der Waals surface area contributed by atoms with E-state index in [1.54, 1.807) is 17.5 Å². The van der Waals surface area contributed by atoms with E-state index in [1.165, 1.54) is 4.88 Å². The highest BCUT2D eigenvalue weighted by Gasteiger charge is 2.16. The second kappa shape index (κ2) is 4.85. The van der Waals surface area contributed by atoms with Crippen molar-refractivity contribution in [3.63, 3.8) is 0 Å². The van der Waals surface area contributed by atoms with Crippen LogP contribution < -0.4 is 10.1 Å². The van der Waals surface area contributed by atoms with Gasteiger partial charge in [-0.2, -0.15) is 0 Å². The minimum atomic E-state index is 0.287. The molecular weight excluding hydrogens is 232 g/mol. The lowest BCUT2D eigenvalue weighted by Gasteiger charge is -2.12. The second-order valence-corrected chi connectivity index (χ2v) is 5.07. The van der Waals surface area contributed by atoms with Crippen LogP contribution in [0.1, 0.15) is 6.42 Å². The number of ether oxygens (including phenoxy) is 1. The van der Waals surface area contributed by atoms with Gasteiger partial charge in [0.05, 0.1) is 6.20 Å². The zero-order chi connectivity index (χ0) is 11.5. The molecule has 0 bridgehead atoms. The van der Waals surface area contributed by atoms with E-state index >= 15 is 0 Å². The van der Waals surface area contributed by atoms with Gasteiger partial charge in [-0.1, -0.05) is 6.07 Å². The van der Waals surface area contributed by atoms with Crippen molar-refractivity contribution in [2.45, 2.75) is 12.5 Å². The Morgan fingerprint density at radius 1 is 1.41 bits per heavy atom. The van der Waals surface area contributed by atoms with Crippen molar-refractivity contribution in [1.29, 1.82) is 0 Å². The largest absolute Gasteiger partial charge is 0.487 e. The Morgan fingerprint density at radius 2 is 2.41 bits per heavy atom. The Balaban J connectivity index is 1.79. The molecule has 1 fully saturated rings. The van der Waals surface area contributed by atoms with Crippen molar-refractivity contribution < 1.29 is 4.74 Å². The summed E-state index contributed by atoms with van der Waals surface area (Å²) in [5.41, 5.74) is 1.13. The van der Waals surface area contributed by atoms with Crippen molar-refractivity contribution in [1.82, 2.24) is 10.3 Å². The van der Waals surface area contributed by atoms with Crippen LogP contribution in [0.5, 0.6) is 5.75 Å². The van der Waals surface area contributed by atoms with Gasteiger partial charge in [-0.05, 0) is 30.5 Å². The highest BCUT2D eigenvalue weighted by molar-refractivity contribution is 7.13. The zero-order valence-electron chi connectivity index (χ0n) is 9.43. The Kier molecular flexibility index (Phi) is 3.07. The Hall–Kier alpha value is -1.39. The van der Waals surface area contributed by atoms with E-state index in [0.717, 1.165) is 30.8 Å². The highest BCUT2D eigenvalue weighted by Crippen LogP contribution is 2.27. The summed E-state index contributed by atoms with van der Waals surface area (Å²) in [6.07, 6.45) is 5.03. The summed E-state index contributed by atoms with van der Waals surface area (Å²) in [6, 6.07) is 6.22. The third-order valence-electron chi connectivity index (χ3n) is 2.84. The molecular formula is C13H14N2OS. The third-order valence-corrected chi connectivity index (χ3v) is 3.76. The molecule has 0 aromatic carbocycles. The first-order valence-corrected chi connectivity index (χ1v) is 6.66. The maximum absolute atomic E-state index is 5.89. The van der Waals surface area contributed by atoms with E-state index in [2.05, 4.69) is 33.9 Å². The normalized spacial score (nSPS) is 19.4. The van der Waals surface area contributed by atoms with E-state index in [9.17, 15) is 0 Å². The maximum atomic E-state index is 5.89. The number of hydrogen-bond donors (Lipinski definition) is 1. The Bertz CT molecular complexity index is 478. The molecule has 1 atom stereocenters. The summed E-state index contributed by atoms with van der Waals surface area (Å²) in [5, 5.41) is 5.36. The van der Waals surface area contributed by atoms with Crippen LogP contribution in [0.25, 0.3) is 10.4 Å². The maximum Gasteiger partial charge on any atom is 0.138 e. The van der Waals surface area contributed by atoms with Crippen LogP contribution in [-0.2, 0) is 0 Å². The van der Waals surface area contributed by atoms with Gasteiger partial charge in [0, 0.05) is 23.2 Å². The van der Waals surface area contributed by atoms with Crippen molar-refractivity contribution >= 4 is 11.3 Å². The minimum Gasteiger partial charge on any atom is -0.487 e. The van der Waals surface area contributed by atoms with Gasteiger partial charge >= 0.3 is 0 Å². The van der Waals surface area contributed by atoms with E-state index in [0.29, 0.717) is 0 Å². The van der Waals surface area contributed by atoms with Gasteiger partial charge < -0.3 is 10.1 Å². The third kappa shape index (κ3) is 2.48. The van der Waals surface area contributed by atoms with Gasteiger partial charge in [-0.15, -0.1) is 11.3 Å². The van der Waals surface area contributed by atoms with Crippen LogP contribution in [-0.4, -0.2) is 24.2 Å². The lowest BCUT2D eigenvalue weighted by atomic mass is 10.2. The van der Waals surface area contributed by atoms with Gasteiger partial charge in [0.15, 0.2) is 0 Å². The van der Waals surface area contributed by atoms with Crippen LogP contribution in [0.2, 0.25) is 0 Å². The van der Waals surface area contributed by atoms with Crippen molar-refractivity contribution in [3.8, 4) is 16.2 Å². The highest BCUT2D eigenvalue weighted by atomic mass is 32.1. The summed E-state index contributed by atoms with van der Waals surface area (Å²) in [7, 11) is 0. The molecule has 0 spiro atoms. The first-order chi connectivity index (χ1) is 8.42. The summed E-state index contributed by atoms with van der Waals surface area (Å²) in [4.78, 5) is 5.47. The number of thiophene rings is 1. The van der Waals surface area contributed by atoms with Crippen LogP contribution >= 0.6 is 11.3 Å². The average molecular weight is 246 g/mol. The number of nitrogens with zero attached hydrogens (tertiary/aromatic N) is 1. The molecule has 0 radical (unpaired) electrons. The smallest absolute Gasteiger partial charge is 0.138 e. The van der Waals surface area contributed by atoms with Crippen molar-refractivity contribution in [3.05, 3.63) is 36.0 Å². The summed E-state index contributed by atoms with van der Waals surface area (Å²) in [6.45, 7) is 1.98. The fraction of sp³-hybridized carbons (Fsp3) is 0.308. The van der Waals surface area contributed by atoms with Gasteiger partial charge in [-0.3, -0.25) is 4.98 Å². The lowest BCUT2D eigenvalue weighted by Crippen LogP contribution is -2.19. The zero-order valence-corrected chi connectivity index (χ0v) is 10.2. The Labute approximate surface area is 104 Å². The van der Waals surface area contributed by atoms with Crippen LogP contribution in [0.3, 0.4) is 0 Å². The first-order valence-electron chi connectivity index (χ1n) is 5.78. The topological polar surface area (TPSA) is 34.1 Å². The molecule has 3 rings (SSSR count). The molecule has 0 aliphatic carbocycles. The van der Waals surface area contributed by atoms with Gasteiger partial charge in [0.2, 0.25) is 0 Å². The molecule has 0 unspecified atom stereocenters. The molecule has 4 heteroatoms.